The highest BCUT2D eigenvalue weighted by Crippen LogP contribution is 2.17. The first-order valence-corrected chi connectivity index (χ1v) is 8.07. The highest BCUT2D eigenvalue weighted by atomic mass is 16.5. The molecule has 1 saturated heterocycles. The van der Waals surface area contributed by atoms with Gasteiger partial charge in [-0.2, -0.15) is 0 Å². The van der Waals surface area contributed by atoms with E-state index in [4.69, 9.17) is 4.74 Å². The lowest BCUT2D eigenvalue weighted by molar-refractivity contribution is -0.130. The van der Waals surface area contributed by atoms with E-state index in [1.165, 1.54) is 5.56 Å². The molecule has 0 spiro atoms. The molecule has 0 aliphatic carbocycles. The summed E-state index contributed by atoms with van der Waals surface area (Å²) >= 11 is 0. The first-order chi connectivity index (χ1) is 10.9. The van der Waals surface area contributed by atoms with E-state index in [0.29, 0.717) is 12.1 Å². The number of rotatable bonds is 4. The summed E-state index contributed by atoms with van der Waals surface area (Å²) in [5.41, 5.74) is 2.87. The molecule has 0 saturated carbocycles. The molecule has 2 rings (SSSR count). The summed E-state index contributed by atoms with van der Waals surface area (Å²) in [6, 6.07) is 5.64. The summed E-state index contributed by atoms with van der Waals surface area (Å²) in [6.07, 6.45) is 1.49. The van der Waals surface area contributed by atoms with E-state index >= 15 is 0 Å². The van der Waals surface area contributed by atoms with Crippen LogP contribution in [-0.2, 0) is 9.53 Å². The van der Waals surface area contributed by atoms with E-state index in [1.807, 2.05) is 32.0 Å². The molecular weight excluding hydrogens is 292 g/mol. The van der Waals surface area contributed by atoms with Crippen LogP contribution in [0.4, 0.5) is 0 Å². The lowest BCUT2D eigenvalue weighted by Gasteiger charge is -2.31. The molecule has 0 atom stereocenters. The van der Waals surface area contributed by atoms with Crippen molar-refractivity contribution in [2.45, 2.75) is 32.8 Å². The van der Waals surface area contributed by atoms with Crippen molar-refractivity contribution in [3.8, 4) is 0 Å². The third kappa shape index (κ3) is 4.79. The molecule has 1 amide bonds. The van der Waals surface area contributed by atoms with Crippen LogP contribution in [0, 0.1) is 13.8 Å². The Morgan fingerprint density at radius 3 is 2.39 bits per heavy atom. The van der Waals surface area contributed by atoms with E-state index in [2.05, 4.69) is 4.90 Å². The molecule has 1 heterocycles. The van der Waals surface area contributed by atoms with Gasteiger partial charge in [0, 0.05) is 27.2 Å². The number of likely N-dealkylation sites (tertiary alicyclic amines) is 1. The summed E-state index contributed by atoms with van der Waals surface area (Å²) in [5, 5.41) is 0. The molecule has 1 aromatic carbocycles. The fourth-order valence-corrected chi connectivity index (χ4v) is 2.61. The molecule has 1 aromatic rings. The quantitative estimate of drug-likeness (QED) is 0.797. The smallest absolute Gasteiger partial charge is 0.338 e. The van der Waals surface area contributed by atoms with Crippen LogP contribution in [0.3, 0.4) is 0 Å². The van der Waals surface area contributed by atoms with Crippen LogP contribution in [0.1, 0.15) is 34.3 Å². The Bertz CT molecular complexity index is 576. The summed E-state index contributed by atoms with van der Waals surface area (Å²) < 4.78 is 5.61. The average molecular weight is 318 g/mol. The Labute approximate surface area is 138 Å². The van der Waals surface area contributed by atoms with Gasteiger partial charge in [-0.15, -0.1) is 0 Å². The molecule has 1 aliphatic rings. The van der Waals surface area contributed by atoms with Crippen molar-refractivity contribution in [2.75, 3.05) is 33.7 Å². The van der Waals surface area contributed by atoms with Crippen LogP contribution in [0.2, 0.25) is 0 Å². The first-order valence-electron chi connectivity index (χ1n) is 8.07. The zero-order valence-electron chi connectivity index (χ0n) is 14.5. The van der Waals surface area contributed by atoms with Crippen LogP contribution >= 0.6 is 0 Å². The zero-order chi connectivity index (χ0) is 17.0. The minimum atomic E-state index is -0.254. The van der Waals surface area contributed by atoms with Crippen molar-refractivity contribution in [3.05, 3.63) is 34.9 Å². The van der Waals surface area contributed by atoms with Crippen molar-refractivity contribution >= 4 is 11.9 Å². The summed E-state index contributed by atoms with van der Waals surface area (Å²) in [4.78, 5) is 27.7. The van der Waals surface area contributed by atoms with Gasteiger partial charge in [0.2, 0.25) is 5.91 Å². The normalized spacial score (nSPS) is 16.2. The maximum Gasteiger partial charge on any atom is 0.338 e. The fraction of sp³-hybridized carbons (Fsp3) is 0.556. The lowest BCUT2D eigenvalue weighted by Crippen LogP contribution is -2.43. The van der Waals surface area contributed by atoms with E-state index < -0.39 is 0 Å². The number of ether oxygens (including phenoxy) is 1. The number of nitrogens with zero attached hydrogens (tertiary/aromatic N) is 2. The summed E-state index contributed by atoms with van der Waals surface area (Å²) in [5.74, 6) is -0.147. The molecule has 0 radical (unpaired) electrons. The number of aryl methyl sites for hydroxylation is 2. The van der Waals surface area contributed by atoms with Crippen LogP contribution in [0.25, 0.3) is 0 Å². The molecule has 1 aliphatic heterocycles. The molecular formula is C18H26N2O3. The summed E-state index contributed by atoms with van der Waals surface area (Å²) in [7, 11) is 3.53. The number of likely N-dealkylation sites (N-methyl/N-ethyl adjacent to an activating group) is 1. The molecule has 5 nitrogen and oxygen atoms in total. The largest absolute Gasteiger partial charge is 0.459 e. The molecule has 0 bridgehead atoms. The zero-order valence-corrected chi connectivity index (χ0v) is 14.5. The molecule has 0 N–H and O–H groups in total. The predicted octanol–water partition coefficient (Wildman–Crippen LogP) is 2.01. The Morgan fingerprint density at radius 2 is 1.83 bits per heavy atom. The molecule has 23 heavy (non-hydrogen) atoms. The molecule has 126 valence electrons. The van der Waals surface area contributed by atoms with Crippen LogP contribution < -0.4 is 0 Å². The average Bonchev–Trinajstić information content (AvgIpc) is 2.51. The Morgan fingerprint density at radius 1 is 1.17 bits per heavy atom. The standard InChI is InChI=1S/C18H26N2O3/c1-13-5-6-15(11-14(13)2)18(22)23-16-7-9-20(10-8-16)12-17(21)19(3)4/h5-6,11,16H,7-10,12H2,1-4H3. The molecule has 0 aromatic heterocycles. The maximum atomic E-state index is 12.2. The topological polar surface area (TPSA) is 49.9 Å². The van der Waals surface area contributed by atoms with Crippen molar-refractivity contribution in [1.29, 1.82) is 0 Å². The van der Waals surface area contributed by atoms with E-state index in [1.54, 1.807) is 19.0 Å². The lowest BCUT2D eigenvalue weighted by atomic mass is 10.1. The van der Waals surface area contributed by atoms with Gasteiger partial charge >= 0.3 is 5.97 Å². The second kappa shape index (κ2) is 7.59. The molecule has 1 fully saturated rings. The third-order valence-corrected chi connectivity index (χ3v) is 4.41. The van der Waals surface area contributed by atoms with Crippen molar-refractivity contribution in [2.24, 2.45) is 0 Å². The number of amides is 1. The van der Waals surface area contributed by atoms with Gasteiger partial charge in [0.15, 0.2) is 0 Å². The van der Waals surface area contributed by atoms with E-state index in [-0.39, 0.29) is 18.0 Å². The number of piperidine rings is 1. The number of carbonyl (C=O) groups is 2. The predicted molar refractivity (Wildman–Crippen MR) is 89.5 cm³/mol. The van der Waals surface area contributed by atoms with E-state index in [9.17, 15) is 9.59 Å². The van der Waals surface area contributed by atoms with Gasteiger partial charge in [0.05, 0.1) is 12.1 Å². The maximum absolute atomic E-state index is 12.2. The number of carbonyl (C=O) groups excluding carboxylic acids is 2. The third-order valence-electron chi connectivity index (χ3n) is 4.41. The Kier molecular flexibility index (Phi) is 5.77. The Balaban J connectivity index is 1.83. The van der Waals surface area contributed by atoms with Crippen molar-refractivity contribution < 1.29 is 14.3 Å². The Hall–Kier alpha value is -1.88. The van der Waals surface area contributed by atoms with E-state index in [0.717, 1.165) is 31.5 Å². The fourth-order valence-electron chi connectivity index (χ4n) is 2.61. The van der Waals surface area contributed by atoms with Crippen LogP contribution in [0.5, 0.6) is 0 Å². The van der Waals surface area contributed by atoms with Gasteiger partial charge in [0.1, 0.15) is 6.10 Å². The SMILES string of the molecule is Cc1ccc(C(=O)OC2CCN(CC(=O)N(C)C)CC2)cc1C. The monoisotopic (exact) mass is 318 g/mol. The van der Waals surface area contributed by atoms with Gasteiger partial charge in [-0.3, -0.25) is 9.69 Å². The highest BCUT2D eigenvalue weighted by molar-refractivity contribution is 5.89. The second-order valence-corrected chi connectivity index (χ2v) is 6.47. The second-order valence-electron chi connectivity index (χ2n) is 6.47. The van der Waals surface area contributed by atoms with Gasteiger partial charge in [-0.05, 0) is 49.9 Å². The number of benzene rings is 1. The highest BCUT2D eigenvalue weighted by Gasteiger charge is 2.24. The van der Waals surface area contributed by atoms with Crippen molar-refractivity contribution in [3.63, 3.8) is 0 Å². The van der Waals surface area contributed by atoms with Crippen LogP contribution in [-0.4, -0.2) is 61.5 Å². The number of esters is 1. The van der Waals surface area contributed by atoms with Gasteiger partial charge in [0.25, 0.3) is 0 Å². The van der Waals surface area contributed by atoms with Gasteiger partial charge in [-0.1, -0.05) is 6.07 Å². The molecule has 0 unspecified atom stereocenters. The number of hydrogen-bond acceptors (Lipinski definition) is 4. The van der Waals surface area contributed by atoms with Crippen LogP contribution in [0.15, 0.2) is 18.2 Å². The minimum absolute atomic E-state index is 0.0604. The number of hydrogen-bond donors (Lipinski definition) is 0. The van der Waals surface area contributed by atoms with Crippen molar-refractivity contribution in [1.82, 2.24) is 9.80 Å². The molecule has 5 heteroatoms. The minimum Gasteiger partial charge on any atom is -0.459 e. The van der Waals surface area contributed by atoms with Gasteiger partial charge < -0.3 is 9.64 Å². The summed E-state index contributed by atoms with van der Waals surface area (Å²) in [6.45, 7) is 6.02. The van der Waals surface area contributed by atoms with Gasteiger partial charge in [-0.25, -0.2) is 4.79 Å². The first kappa shape index (κ1) is 17.5.